The van der Waals surface area contributed by atoms with Crippen LogP contribution in [0.1, 0.15) is 28.2 Å². The summed E-state index contributed by atoms with van der Waals surface area (Å²) in [4.78, 5) is 26.2. The normalized spacial score (nSPS) is 19.1. The molecular weight excluding hydrogens is 242 g/mol. The molecule has 92 valence electrons. The smallest absolute Gasteiger partial charge is 0.347 e. The third kappa shape index (κ3) is 2.73. The van der Waals surface area contributed by atoms with E-state index in [-0.39, 0.29) is 16.8 Å². The third-order valence-corrected chi connectivity index (χ3v) is 3.68. The summed E-state index contributed by atoms with van der Waals surface area (Å²) < 4.78 is 0. The molecule has 0 radical (unpaired) electrons. The molecule has 2 heterocycles. The van der Waals surface area contributed by atoms with Gasteiger partial charge in [-0.05, 0) is 13.3 Å². The highest BCUT2D eigenvalue weighted by molar-refractivity contribution is 7.17. The van der Waals surface area contributed by atoms with E-state index < -0.39 is 5.97 Å². The number of aromatic carboxylic acids is 1. The molecule has 1 amide bonds. The quantitative estimate of drug-likeness (QED) is 0.741. The zero-order valence-electron chi connectivity index (χ0n) is 9.32. The average molecular weight is 255 g/mol. The van der Waals surface area contributed by atoms with Crippen molar-refractivity contribution in [1.82, 2.24) is 10.3 Å². The predicted molar refractivity (Wildman–Crippen MR) is 63.5 cm³/mol. The molecule has 0 saturated carbocycles. The van der Waals surface area contributed by atoms with Gasteiger partial charge >= 0.3 is 5.97 Å². The Morgan fingerprint density at radius 2 is 2.47 bits per heavy atom. The number of amides is 1. The average Bonchev–Trinajstić information content (AvgIpc) is 2.82. The first-order valence-electron chi connectivity index (χ1n) is 5.30. The van der Waals surface area contributed by atoms with E-state index in [0.717, 1.165) is 17.8 Å². The summed E-state index contributed by atoms with van der Waals surface area (Å²) in [6.45, 7) is 2.25. The number of aromatic nitrogens is 1. The van der Waals surface area contributed by atoms with Crippen LogP contribution in [0, 0.1) is 6.92 Å². The molecule has 17 heavy (non-hydrogen) atoms. The maximum atomic E-state index is 11.0. The SMILES string of the molecule is Cc1nc(NCC2CCC(=O)N2)sc1C(=O)O. The standard InChI is InChI=1S/C10H13N3O3S/c1-5-8(9(15)16)17-10(12-5)11-4-6-2-3-7(14)13-6/h6H,2-4H2,1H3,(H,11,12)(H,13,14)(H,15,16). The summed E-state index contributed by atoms with van der Waals surface area (Å²) in [7, 11) is 0. The summed E-state index contributed by atoms with van der Waals surface area (Å²) in [5.74, 6) is -0.888. The molecule has 1 aromatic heterocycles. The molecule has 1 atom stereocenters. The third-order valence-electron chi connectivity index (χ3n) is 2.58. The van der Waals surface area contributed by atoms with Gasteiger partial charge in [0.25, 0.3) is 0 Å². The molecule has 1 unspecified atom stereocenters. The van der Waals surface area contributed by atoms with Crippen LogP contribution in [0.3, 0.4) is 0 Å². The van der Waals surface area contributed by atoms with Gasteiger partial charge in [-0.1, -0.05) is 11.3 Å². The lowest BCUT2D eigenvalue weighted by Crippen LogP contribution is -2.31. The summed E-state index contributed by atoms with van der Waals surface area (Å²) in [6, 6.07) is 0.111. The topological polar surface area (TPSA) is 91.3 Å². The van der Waals surface area contributed by atoms with Crippen molar-refractivity contribution in [3.63, 3.8) is 0 Å². The van der Waals surface area contributed by atoms with Crippen molar-refractivity contribution < 1.29 is 14.7 Å². The second-order valence-electron chi connectivity index (χ2n) is 3.92. The van der Waals surface area contributed by atoms with Gasteiger partial charge in [-0.3, -0.25) is 4.79 Å². The van der Waals surface area contributed by atoms with Gasteiger partial charge < -0.3 is 15.7 Å². The molecule has 6 nitrogen and oxygen atoms in total. The van der Waals surface area contributed by atoms with Crippen LogP contribution in [0.4, 0.5) is 5.13 Å². The number of nitrogens with zero attached hydrogens (tertiary/aromatic N) is 1. The van der Waals surface area contributed by atoms with E-state index in [1.807, 2.05) is 0 Å². The van der Waals surface area contributed by atoms with Crippen LogP contribution in [0.2, 0.25) is 0 Å². The number of rotatable bonds is 4. The second-order valence-corrected chi connectivity index (χ2v) is 4.92. The Morgan fingerprint density at radius 3 is 3.00 bits per heavy atom. The molecule has 0 aliphatic carbocycles. The van der Waals surface area contributed by atoms with Crippen LogP contribution in [0.5, 0.6) is 0 Å². The van der Waals surface area contributed by atoms with E-state index in [1.54, 1.807) is 6.92 Å². The monoisotopic (exact) mass is 255 g/mol. The minimum Gasteiger partial charge on any atom is -0.477 e. The first-order chi connectivity index (χ1) is 8.06. The Labute approximate surface area is 102 Å². The molecular formula is C10H13N3O3S. The number of carbonyl (C=O) groups is 2. The number of carbonyl (C=O) groups excluding carboxylic acids is 1. The van der Waals surface area contributed by atoms with E-state index in [2.05, 4.69) is 15.6 Å². The molecule has 7 heteroatoms. The molecule has 0 spiro atoms. The van der Waals surface area contributed by atoms with Gasteiger partial charge in [-0.2, -0.15) is 0 Å². The Morgan fingerprint density at radius 1 is 1.71 bits per heavy atom. The summed E-state index contributed by atoms with van der Waals surface area (Å²) in [5.41, 5.74) is 0.514. The Balaban J connectivity index is 1.93. The maximum absolute atomic E-state index is 11.0. The van der Waals surface area contributed by atoms with Gasteiger partial charge in [0, 0.05) is 19.0 Å². The van der Waals surface area contributed by atoms with Crippen LogP contribution in [-0.2, 0) is 4.79 Å². The van der Waals surface area contributed by atoms with Crippen molar-refractivity contribution in [2.24, 2.45) is 0 Å². The summed E-state index contributed by atoms with van der Waals surface area (Å²) in [6.07, 6.45) is 1.37. The molecule has 1 saturated heterocycles. The first kappa shape index (κ1) is 11.8. The van der Waals surface area contributed by atoms with Crippen molar-refractivity contribution in [3.8, 4) is 0 Å². The van der Waals surface area contributed by atoms with Crippen LogP contribution >= 0.6 is 11.3 Å². The molecule has 2 rings (SSSR count). The highest BCUT2D eigenvalue weighted by Gasteiger charge is 2.21. The Kier molecular flexibility index (Phi) is 3.28. The minimum atomic E-state index is -0.956. The van der Waals surface area contributed by atoms with Gasteiger partial charge in [0.05, 0.1) is 5.69 Å². The zero-order valence-corrected chi connectivity index (χ0v) is 10.1. The number of carboxylic acid groups (broad SMARTS) is 1. The van der Waals surface area contributed by atoms with Gasteiger partial charge in [-0.25, -0.2) is 9.78 Å². The molecule has 1 aliphatic rings. The molecule has 0 bridgehead atoms. The number of anilines is 1. The minimum absolute atomic E-state index is 0.0679. The van der Waals surface area contributed by atoms with E-state index in [4.69, 9.17) is 5.11 Å². The van der Waals surface area contributed by atoms with Gasteiger partial charge in [0.1, 0.15) is 4.88 Å². The fourth-order valence-corrected chi connectivity index (χ4v) is 2.52. The fraction of sp³-hybridized carbons (Fsp3) is 0.500. The van der Waals surface area contributed by atoms with Crippen molar-refractivity contribution in [2.45, 2.75) is 25.8 Å². The van der Waals surface area contributed by atoms with Crippen molar-refractivity contribution in [3.05, 3.63) is 10.6 Å². The van der Waals surface area contributed by atoms with Crippen LogP contribution < -0.4 is 10.6 Å². The van der Waals surface area contributed by atoms with Gasteiger partial charge in [-0.15, -0.1) is 0 Å². The summed E-state index contributed by atoms with van der Waals surface area (Å²) >= 11 is 1.12. The second kappa shape index (κ2) is 4.70. The molecule has 3 N–H and O–H groups in total. The first-order valence-corrected chi connectivity index (χ1v) is 6.12. The fourth-order valence-electron chi connectivity index (χ4n) is 1.71. The summed E-state index contributed by atoms with van der Waals surface area (Å²) in [5, 5.41) is 15.3. The van der Waals surface area contributed by atoms with E-state index >= 15 is 0 Å². The van der Waals surface area contributed by atoms with Gasteiger partial charge in [0.15, 0.2) is 5.13 Å². The van der Waals surface area contributed by atoms with E-state index in [9.17, 15) is 9.59 Å². The van der Waals surface area contributed by atoms with E-state index in [1.165, 1.54) is 0 Å². The van der Waals surface area contributed by atoms with Crippen molar-refractivity contribution >= 4 is 28.3 Å². The zero-order chi connectivity index (χ0) is 12.4. The number of hydrogen-bond donors (Lipinski definition) is 3. The number of hydrogen-bond acceptors (Lipinski definition) is 5. The van der Waals surface area contributed by atoms with Crippen LogP contribution in [0.15, 0.2) is 0 Å². The highest BCUT2D eigenvalue weighted by Crippen LogP contribution is 2.22. The lowest BCUT2D eigenvalue weighted by molar-refractivity contribution is -0.119. The molecule has 0 aromatic carbocycles. The van der Waals surface area contributed by atoms with Crippen LogP contribution in [-0.4, -0.2) is 34.6 Å². The van der Waals surface area contributed by atoms with Crippen molar-refractivity contribution in [1.29, 1.82) is 0 Å². The molecule has 1 aromatic rings. The lowest BCUT2D eigenvalue weighted by atomic mass is 10.2. The number of nitrogens with one attached hydrogen (secondary N) is 2. The van der Waals surface area contributed by atoms with E-state index in [0.29, 0.717) is 23.8 Å². The van der Waals surface area contributed by atoms with Gasteiger partial charge in [0.2, 0.25) is 5.91 Å². The number of carboxylic acids is 1. The van der Waals surface area contributed by atoms with Crippen LogP contribution in [0.25, 0.3) is 0 Å². The number of aryl methyl sites for hydroxylation is 1. The number of thiazole rings is 1. The largest absolute Gasteiger partial charge is 0.477 e. The maximum Gasteiger partial charge on any atom is 0.347 e. The Hall–Kier alpha value is -1.63. The Bertz CT molecular complexity index is 458. The molecule has 1 fully saturated rings. The lowest BCUT2D eigenvalue weighted by Gasteiger charge is -2.09. The predicted octanol–water partition coefficient (Wildman–Crippen LogP) is 0.840. The highest BCUT2D eigenvalue weighted by atomic mass is 32.1. The molecule has 1 aliphatic heterocycles. The van der Waals surface area contributed by atoms with Crippen molar-refractivity contribution in [2.75, 3.05) is 11.9 Å².